The van der Waals surface area contributed by atoms with Gasteiger partial charge in [-0.1, -0.05) is 27.2 Å². The SMILES string of the molecule is CC1CCC(C(C)C)C(Oc2ccc(N)cc2I)C1. The fraction of sp³-hybridized carbons (Fsp3) is 0.625. The van der Waals surface area contributed by atoms with Crippen molar-refractivity contribution in [3.8, 4) is 5.75 Å². The minimum Gasteiger partial charge on any atom is -0.489 e. The number of rotatable bonds is 3. The lowest BCUT2D eigenvalue weighted by molar-refractivity contribution is 0.0454. The van der Waals surface area contributed by atoms with E-state index in [1.807, 2.05) is 18.2 Å². The van der Waals surface area contributed by atoms with Gasteiger partial charge in [0.05, 0.1) is 3.57 Å². The van der Waals surface area contributed by atoms with Crippen molar-refractivity contribution < 1.29 is 4.74 Å². The molecule has 3 unspecified atom stereocenters. The Morgan fingerprint density at radius 1 is 1.32 bits per heavy atom. The molecule has 0 aromatic heterocycles. The normalized spacial score (nSPS) is 27.5. The first kappa shape index (κ1) is 14.9. The van der Waals surface area contributed by atoms with Crippen LogP contribution in [0.1, 0.15) is 40.0 Å². The second-order valence-electron chi connectivity index (χ2n) is 6.17. The average Bonchev–Trinajstić information content (AvgIpc) is 2.32. The average molecular weight is 373 g/mol. The van der Waals surface area contributed by atoms with Crippen LogP contribution in [0.2, 0.25) is 0 Å². The summed E-state index contributed by atoms with van der Waals surface area (Å²) in [6.07, 6.45) is 4.14. The van der Waals surface area contributed by atoms with Gasteiger partial charge in [0, 0.05) is 5.69 Å². The predicted molar refractivity (Wildman–Crippen MR) is 89.3 cm³/mol. The Kier molecular flexibility index (Phi) is 4.98. The Bertz CT molecular complexity index is 433. The standard InChI is InChI=1S/C16H24INO/c1-10(2)13-6-4-11(3)8-16(13)19-15-7-5-12(18)9-14(15)17/h5,7,9-11,13,16H,4,6,8,18H2,1-3H3. The highest BCUT2D eigenvalue weighted by molar-refractivity contribution is 14.1. The Balaban J connectivity index is 2.14. The quantitative estimate of drug-likeness (QED) is 0.615. The molecule has 0 radical (unpaired) electrons. The highest BCUT2D eigenvalue weighted by atomic mass is 127. The van der Waals surface area contributed by atoms with Gasteiger partial charge in [0.1, 0.15) is 11.9 Å². The van der Waals surface area contributed by atoms with E-state index in [1.165, 1.54) is 19.3 Å². The summed E-state index contributed by atoms with van der Waals surface area (Å²) >= 11 is 2.31. The molecule has 3 heteroatoms. The molecule has 3 atom stereocenters. The Hall–Kier alpha value is -0.450. The van der Waals surface area contributed by atoms with E-state index in [-0.39, 0.29) is 0 Å². The second kappa shape index (κ2) is 6.33. The molecule has 2 rings (SSSR count). The van der Waals surface area contributed by atoms with E-state index < -0.39 is 0 Å². The van der Waals surface area contributed by atoms with Gasteiger partial charge in [-0.3, -0.25) is 0 Å². The van der Waals surface area contributed by atoms with Crippen molar-refractivity contribution in [2.24, 2.45) is 17.8 Å². The number of hydrogen-bond acceptors (Lipinski definition) is 2. The topological polar surface area (TPSA) is 35.2 Å². The Morgan fingerprint density at radius 2 is 2.05 bits per heavy atom. The lowest BCUT2D eigenvalue weighted by Crippen LogP contribution is -2.36. The molecule has 0 spiro atoms. The van der Waals surface area contributed by atoms with E-state index in [2.05, 4.69) is 43.4 Å². The molecule has 0 aliphatic heterocycles. The number of nitrogens with two attached hydrogens (primary N) is 1. The molecule has 1 fully saturated rings. The first-order valence-corrected chi connectivity index (χ1v) is 8.27. The van der Waals surface area contributed by atoms with Crippen molar-refractivity contribution in [2.75, 3.05) is 5.73 Å². The summed E-state index contributed by atoms with van der Waals surface area (Å²) in [7, 11) is 0. The van der Waals surface area contributed by atoms with Crippen molar-refractivity contribution in [3.05, 3.63) is 21.8 Å². The Labute approximate surface area is 130 Å². The van der Waals surface area contributed by atoms with Gasteiger partial charge in [-0.2, -0.15) is 0 Å². The van der Waals surface area contributed by atoms with Crippen molar-refractivity contribution in [3.63, 3.8) is 0 Å². The van der Waals surface area contributed by atoms with Gasteiger partial charge in [0.15, 0.2) is 0 Å². The predicted octanol–water partition coefficient (Wildman–Crippen LogP) is 4.71. The van der Waals surface area contributed by atoms with Gasteiger partial charge < -0.3 is 10.5 Å². The van der Waals surface area contributed by atoms with Crippen LogP contribution in [0.3, 0.4) is 0 Å². The largest absolute Gasteiger partial charge is 0.489 e. The van der Waals surface area contributed by atoms with E-state index in [0.29, 0.717) is 17.9 Å². The zero-order chi connectivity index (χ0) is 14.0. The summed E-state index contributed by atoms with van der Waals surface area (Å²) in [6, 6.07) is 5.91. The maximum absolute atomic E-state index is 6.32. The molecule has 1 aromatic carbocycles. The maximum atomic E-state index is 6.32. The van der Waals surface area contributed by atoms with E-state index >= 15 is 0 Å². The summed E-state index contributed by atoms with van der Waals surface area (Å²) in [5, 5.41) is 0. The van der Waals surface area contributed by atoms with Crippen LogP contribution in [0.5, 0.6) is 5.75 Å². The third-order valence-corrected chi connectivity index (χ3v) is 5.04. The first-order chi connectivity index (χ1) is 8.97. The minimum atomic E-state index is 0.348. The van der Waals surface area contributed by atoms with Gasteiger partial charge in [-0.05, 0) is 71.4 Å². The number of benzene rings is 1. The number of anilines is 1. The third kappa shape index (κ3) is 3.77. The highest BCUT2D eigenvalue weighted by Gasteiger charge is 2.32. The molecule has 1 aromatic rings. The molecule has 2 N–H and O–H groups in total. The molecule has 1 aliphatic rings. The molecule has 1 aliphatic carbocycles. The maximum Gasteiger partial charge on any atom is 0.133 e. The van der Waals surface area contributed by atoms with Crippen LogP contribution in [-0.4, -0.2) is 6.10 Å². The van der Waals surface area contributed by atoms with E-state index in [4.69, 9.17) is 10.5 Å². The van der Waals surface area contributed by atoms with Gasteiger partial charge in [0.25, 0.3) is 0 Å². The van der Waals surface area contributed by atoms with Gasteiger partial charge in [-0.15, -0.1) is 0 Å². The smallest absolute Gasteiger partial charge is 0.133 e. The van der Waals surface area contributed by atoms with Crippen LogP contribution in [0, 0.1) is 21.3 Å². The van der Waals surface area contributed by atoms with Crippen molar-refractivity contribution in [1.82, 2.24) is 0 Å². The van der Waals surface area contributed by atoms with Crippen LogP contribution in [0.15, 0.2) is 18.2 Å². The Morgan fingerprint density at radius 3 is 2.68 bits per heavy atom. The second-order valence-corrected chi connectivity index (χ2v) is 7.33. The lowest BCUT2D eigenvalue weighted by Gasteiger charge is -2.37. The first-order valence-electron chi connectivity index (χ1n) is 7.19. The van der Waals surface area contributed by atoms with Crippen molar-refractivity contribution in [2.45, 2.75) is 46.1 Å². The molecular formula is C16H24INO. The molecular weight excluding hydrogens is 349 g/mol. The zero-order valence-electron chi connectivity index (χ0n) is 12.0. The number of halogens is 1. The van der Waals surface area contributed by atoms with E-state index in [0.717, 1.165) is 20.9 Å². The van der Waals surface area contributed by atoms with Gasteiger partial charge in [-0.25, -0.2) is 0 Å². The van der Waals surface area contributed by atoms with Crippen LogP contribution in [0.4, 0.5) is 5.69 Å². The van der Waals surface area contributed by atoms with Crippen LogP contribution < -0.4 is 10.5 Å². The number of hydrogen-bond donors (Lipinski definition) is 1. The summed E-state index contributed by atoms with van der Waals surface area (Å²) in [4.78, 5) is 0. The summed E-state index contributed by atoms with van der Waals surface area (Å²) in [6.45, 7) is 6.96. The fourth-order valence-corrected chi connectivity index (χ4v) is 3.69. The summed E-state index contributed by atoms with van der Waals surface area (Å²) in [5.41, 5.74) is 6.60. The minimum absolute atomic E-state index is 0.348. The molecule has 0 bridgehead atoms. The molecule has 2 nitrogen and oxygen atoms in total. The zero-order valence-corrected chi connectivity index (χ0v) is 14.2. The van der Waals surface area contributed by atoms with E-state index in [1.54, 1.807) is 0 Å². The molecule has 19 heavy (non-hydrogen) atoms. The molecule has 1 saturated carbocycles. The fourth-order valence-electron chi connectivity index (χ4n) is 3.03. The monoisotopic (exact) mass is 373 g/mol. The summed E-state index contributed by atoms with van der Waals surface area (Å²) < 4.78 is 7.43. The van der Waals surface area contributed by atoms with E-state index in [9.17, 15) is 0 Å². The number of nitrogen functional groups attached to an aromatic ring is 1. The number of ether oxygens (including phenoxy) is 1. The lowest BCUT2D eigenvalue weighted by atomic mass is 9.75. The van der Waals surface area contributed by atoms with Crippen molar-refractivity contribution in [1.29, 1.82) is 0 Å². The molecule has 0 amide bonds. The highest BCUT2D eigenvalue weighted by Crippen LogP contribution is 2.37. The molecule has 0 heterocycles. The van der Waals surface area contributed by atoms with Gasteiger partial charge >= 0.3 is 0 Å². The van der Waals surface area contributed by atoms with Crippen molar-refractivity contribution >= 4 is 28.3 Å². The van der Waals surface area contributed by atoms with Gasteiger partial charge in [0.2, 0.25) is 0 Å². The van der Waals surface area contributed by atoms with Crippen LogP contribution >= 0.6 is 22.6 Å². The molecule has 0 saturated heterocycles. The van der Waals surface area contributed by atoms with Crippen LogP contribution in [0.25, 0.3) is 0 Å². The molecule has 106 valence electrons. The third-order valence-electron chi connectivity index (χ3n) is 4.20. The summed E-state index contributed by atoms with van der Waals surface area (Å²) in [5.74, 6) is 3.11. The van der Waals surface area contributed by atoms with Crippen LogP contribution in [-0.2, 0) is 0 Å².